The second-order valence-electron chi connectivity index (χ2n) is 7.76. The molecule has 1 saturated heterocycles. The van der Waals surface area contributed by atoms with Crippen molar-refractivity contribution in [3.63, 3.8) is 0 Å². The molecule has 3 N–H and O–H groups in total. The smallest absolute Gasteiger partial charge is 0.314 e. The van der Waals surface area contributed by atoms with E-state index in [-0.39, 0.29) is 37.6 Å². The number of aromatic hydroxyl groups is 1. The number of phenols is 1. The number of aliphatic carboxylic acids is 1. The maximum Gasteiger partial charge on any atom is 0.314 e. The third-order valence-corrected chi connectivity index (χ3v) is 5.64. The zero-order valence-electron chi connectivity index (χ0n) is 16.4. The second-order valence-corrected chi connectivity index (χ2v) is 7.76. The Morgan fingerprint density at radius 2 is 1.86 bits per heavy atom. The van der Waals surface area contributed by atoms with E-state index < -0.39 is 23.3 Å². The van der Waals surface area contributed by atoms with Crippen LogP contribution in [0.1, 0.15) is 33.5 Å². The van der Waals surface area contributed by atoms with E-state index in [1.165, 1.54) is 23.1 Å². The SMILES string of the molecule is Cc1cc(C(=O)N2CC[C@H](O)[C@](Cc3cccc(F)c3)(C(=O)O)C2)cc(C)c1O. The van der Waals surface area contributed by atoms with E-state index in [2.05, 4.69) is 0 Å². The van der Waals surface area contributed by atoms with Gasteiger partial charge >= 0.3 is 5.97 Å². The van der Waals surface area contributed by atoms with Crippen LogP contribution in [0.25, 0.3) is 0 Å². The van der Waals surface area contributed by atoms with Crippen molar-refractivity contribution in [3.05, 3.63) is 64.5 Å². The predicted molar refractivity (Wildman–Crippen MR) is 104 cm³/mol. The van der Waals surface area contributed by atoms with Crippen LogP contribution in [0, 0.1) is 25.1 Å². The second kappa shape index (κ2) is 7.83. The quantitative estimate of drug-likeness (QED) is 0.732. The fourth-order valence-electron chi connectivity index (χ4n) is 3.99. The maximum atomic E-state index is 13.6. The lowest BCUT2D eigenvalue weighted by atomic mass is 9.72. The van der Waals surface area contributed by atoms with Gasteiger partial charge in [0, 0.05) is 18.7 Å². The molecule has 0 aromatic heterocycles. The van der Waals surface area contributed by atoms with Gasteiger partial charge in [-0.25, -0.2) is 4.39 Å². The molecule has 7 heteroatoms. The van der Waals surface area contributed by atoms with E-state index in [0.29, 0.717) is 22.3 Å². The summed E-state index contributed by atoms with van der Waals surface area (Å²) >= 11 is 0. The summed E-state index contributed by atoms with van der Waals surface area (Å²) in [5.41, 5.74) is 0.253. The minimum Gasteiger partial charge on any atom is -0.507 e. The molecule has 0 spiro atoms. The summed E-state index contributed by atoms with van der Waals surface area (Å²) in [6.07, 6.45) is -1.17. The Kier molecular flexibility index (Phi) is 5.61. The van der Waals surface area contributed by atoms with Gasteiger partial charge in [0.05, 0.1) is 6.10 Å². The van der Waals surface area contributed by atoms with Crippen LogP contribution in [0.3, 0.4) is 0 Å². The summed E-state index contributed by atoms with van der Waals surface area (Å²) in [4.78, 5) is 26.7. The molecule has 6 nitrogen and oxygen atoms in total. The molecular weight excluding hydrogens is 377 g/mol. The van der Waals surface area contributed by atoms with Crippen LogP contribution in [-0.4, -0.2) is 51.3 Å². The van der Waals surface area contributed by atoms with Crippen LogP contribution in [0.4, 0.5) is 4.39 Å². The van der Waals surface area contributed by atoms with Gasteiger partial charge in [0.2, 0.25) is 0 Å². The van der Waals surface area contributed by atoms with E-state index in [1.807, 2.05) is 0 Å². The Morgan fingerprint density at radius 1 is 1.21 bits per heavy atom. The Morgan fingerprint density at radius 3 is 2.45 bits per heavy atom. The molecule has 3 rings (SSSR count). The van der Waals surface area contributed by atoms with Gasteiger partial charge in [-0.15, -0.1) is 0 Å². The number of amides is 1. The molecule has 2 aromatic rings. The number of carboxylic acids is 1. The number of carboxylic acid groups (broad SMARTS) is 1. The number of aliphatic hydroxyl groups excluding tert-OH is 1. The Balaban J connectivity index is 1.93. The summed E-state index contributed by atoms with van der Waals surface area (Å²) in [6.45, 7) is 3.38. The fourth-order valence-corrected chi connectivity index (χ4v) is 3.99. The largest absolute Gasteiger partial charge is 0.507 e. The third-order valence-electron chi connectivity index (χ3n) is 5.64. The number of hydrogen-bond donors (Lipinski definition) is 3. The van der Waals surface area contributed by atoms with Crippen molar-refractivity contribution in [3.8, 4) is 5.75 Å². The fraction of sp³-hybridized carbons (Fsp3) is 0.364. The molecule has 1 heterocycles. The van der Waals surface area contributed by atoms with Crippen molar-refractivity contribution in [1.29, 1.82) is 0 Å². The number of hydrogen-bond acceptors (Lipinski definition) is 4. The highest BCUT2D eigenvalue weighted by Gasteiger charge is 2.50. The van der Waals surface area contributed by atoms with E-state index in [0.717, 1.165) is 0 Å². The van der Waals surface area contributed by atoms with Crippen molar-refractivity contribution in [2.75, 3.05) is 13.1 Å². The first-order valence-electron chi connectivity index (χ1n) is 9.39. The van der Waals surface area contributed by atoms with Crippen LogP contribution in [0.5, 0.6) is 5.75 Å². The zero-order valence-corrected chi connectivity index (χ0v) is 16.4. The predicted octanol–water partition coefficient (Wildman–Crippen LogP) is 2.67. The molecule has 1 fully saturated rings. The first-order chi connectivity index (χ1) is 13.6. The molecule has 29 heavy (non-hydrogen) atoms. The summed E-state index contributed by atoms with van der Waals surface area (Å²) in [7, 11) is 0. The molecule has 1 aliphatic heterocycles. The molecule has 0 radical (unpaired) electrons. The monoisotopic (exact) mass is 401 g/mol. The van der Waals surface area contributed by atoms with Gasteiger partial charge < -0.3 is 20.2 Å². The van der Waals surface area contributed by atoms with Crippen molar-refractivity contribution in [1.82, 2.24) is 4.90 Å². The average molecular weight is 401 g/mol. The zero-order chi connectivity index (χ0) is 21.3. The first-order valence-corrected chi connectivity index (χ1v) is 9.39. The molecule has 1 aliphatic rings. The Hall–Kier alpha value is -2.93. The maximum absolute atomic E-state index is 13.6. The molecule has 2 aromatic carbocycles. The number of benzene rings is 2. The van der Waals surface area contributed by atoms with Crippen LogP contribution in [0.15, 0.2) is 36.4 Å². The van der Waals surface area contributed by atoms with Gasteiger partial charge in [-0.05, 0) is 67.6 Å². The summed E-state index contributed by atoms with van der Waals surface area (Å²) in [6, 6.07) is 8.72. The molecule has 0 aliphatic carbocycles. The number of halogens is 1. The number of aliphatic hydroxyl groups is 1. The minimum absolute atomic E-state index is 0.0985. The van der Waals surface area contributed by atoms with Crippen molar-refractivity contribution in [2.24, 2.45) is 5.41 Å². The number of rotatable bonds is 4. The Bertz CT molecular complexity index is 937. The summed E-state index contributed by atoms with van der Waals surface area (Å²) < 4.78 is 13.6. The van der Waals surface area contributed by atoms with E-state index in [9.17, 15) is 29.3 Å². The molecule has 0 bridgehead atoms. The lowest BCUT2D eigenvalue weighted by Gasteiger charge is -2.43. The van der Waals surface area contributed by atoms with Gasteiger partial charge in [-0.3, -0.25) is 9.59 Å². The summed E-state index contributed by atoms with van der Waals surface area (Å²) in [5, 5.41) is 30.5. The minimum atomic E-state index is -1.64. The number of nitrogens with zero attached hydrogens (tertiary/aromatic N) is 1. The van der Waals surface area contributed by atoms with Crippen LogP contribution >= 0.6 is 0 Å². The lowest BCUT2D eigenvalue weighted by Crippen LogP contribution is -2.58. The topological polar surface area (TPSA) is 98.1 Å². The number of likely N-dealkylation sites (tertiary alicyclic amines) is 1. The highest BCUT2D eigenvalue weighted by Crippen LogP contribution is 2.36. The molecule has 0 saturated carbocycles. The van der Waals surface area contributed by atoms with Crippen LogP contribution < -0.4 is 0 Å². The van der Waals surface area contributed by atoms with Gasteiger partial charge in [0.1, 0.15) is 17.0 Å². The van der Waals surface area contributed by atoms with E-state index in [4.69, 9.17) is 0 Å². The third kappa shape index (κ3) is 3.96. The number of phenolic OH excluding ortho intramolecular Hbond substituents is 1. The average Bonchev–Trinajstić information content (AvgIpc) is 2.66. The number of piperidine rings is 1. The molecule has 2 atom stereocenters. The van der Waals surface area contributed by atoms with Crippen molar-refractivity contribution >= 4 is 11.9 Å². The van der Waals surface area contributed by atoms with Gasteiger partial charge in [0.25, 0.3) is 5.91 Å². The molecule has 1 amide bonds. The van der Waals surface area contributed by atoms with Crippen molar-refractivity contribution < 1.29 is 29.3 Å². The van der Waals surface area contributed by atoms with Gasteiger partial charge in [0.15, 0.2) is 0 Å². The highest BCUT2D eigenvalue weighted by molar-refractivity contribution is 5.95. The standard InChI is InChI=1S/C22H24FNO5/c1-13-8-16(9-14(2)19(13)26)20(27)24-7-6-18(25)22(12-24,21(28)29)11-15-4-3-5-17(23)10-15/h3-5,8-10,18,25-26H,6-7,11-12H2,1-2H3,(H,28,29)/t18-,22+/m0/s1. The molecule has 154 valence electrons. The van der Waals surface area contributed by atoms with Crippen LogP contribution in [-0.2, 0) is 11.2 Å². The number of aryl methyl sites for hydroxylation is 2. The number of carbonyl (C=O) groups excluding carboxylic acids is 1. The Labute approximate surface area is 168 Å². The highest BCUT2D eigenvalue weighted by atomic mass is 19.1. The van der Waals surface area contributed by atoms with Gasteiger partial charge in [-0.2, -0.15) is 0 Å². The van der Waals surface area contributed by atoms with Crippen LogP contribution in [0.2, 0.25) is 0 Å². The van der Waals surface area contributed by atoms with E-state index >= 15 is 0 Å². The first kappa shape index (κ1) is 20.8. The van der Waals surface area contributed by atoms with E-state index in [1.54, 1.807) is 32.0 Å². The summed E-state index contributed by atoms with van der Waals surface area (Å²) in [5.74, 6) is -1.98. The normalized spacial score (nSPS) is 21.8. The number of carbonyl (C=O) groups is 2. The molecule has 0 unspecified atom stereocenters. The van der Waals surface area contributed by atoms with Gasteiger partial charge in [-0.1, -0.05) is 12.1 Å². The molecular formula is C22H24FNO5. The lowest BCUT2D eigenvalue weighted by molar-refractivity contribution is -0.161. The van der Waals surface area contributed by atoms with Crippen molar-refractivity contribution in [2.45, 2.75) is 32.8 Å².